The molecule has 0 aliphatic carbocycles. The number of rotatable bonds is 9. The lowest BCUT2D eigenvalue weighted by molar-refractivity contribution is 0.361. The van der Waals surface area contributed by atoms with E-state index in [0.29, 0.717) is 23.5 Å². The van der Waals surface area contributed by atoms with Crippen LogP contribution in [0.5, 0.6) is 5.75 Å². The van der Waals surface area contributed by atoms with Crippen LogP contribution in [-0.2, 0) is 0 Å². The van der Waals surface area contributed by atoms with Crippen LogP contribution in [-0.4, -0.2) is 6.61 Å². The molecular weight excluding hydrogens is 360 g/mol. The van der Waals surface area contributed by atoms with E-state index in [2.05, 4.69) is 45.9 Å². The lowest BCUT2D eigenvalue weighted by Crippen LogP contribution is -2.05. The first-order chi connectivity index (χ1) is 13.8. The predicted octanol–water partition coefficient (Wildman–Crippen LogP) is 7.21. The normalized spacial score (nSPS) is 12.3. The van der Waals surface area contributed by atoms with Crippen molar-refractivity contribution >= 4 is 11.0 Å². The van der Waals surface area contributed by atoms with E-state index in [9.17, 15) is 4.79 Å². The van der Waals surface area contributed by atoms with Crippen LogP contribution in [0.25, 0.3) is 11.0 Å². The second kappa shape index (κ2) is 10.8. The van der Waals surface area contributed by atoms with Crippen LogP contribution >= 0.6 is 0 Å². The number of ether oxygens (including phenoxy) is 1. The van der Waals surface area contributed by atoms with Crippen molar-refractivity contribution in [2.75, 3.05) is 6.61 Å². The number of hydrogen-bond donors (Lipinski definition) is 0. The topological polar surface area (TPSA) is 39.4 Å². The molecule has 0 saturated carbocycles. The molecule has 3 nitrogen and oxygen atoms in total. The molecule has 0 N–H and O–H groups in total. The molecule has 2 aromatic rings. The van der Waals surface area contributed by atoms with Gasteiger partial charge in [-0.15, -0.1) is 0 Å². The van der Waals surface area contributed by atoms with Crippen LogP contribution in [0.3, 0.4) is 0 Å². The zero-order chi connectivity index (χ0) is 21.4. The van der Waals surface area contributed by atoms with Crippen molar-refractivity contribution in [1.29, 1.82) is 0 Å². The van der Waals surface area contributed by atoms with E-state index >= 15 is 0 Å². The summed E-state index contributed by atoms with van der Waals surface area (Å²) in [6, 6.07) is 5.68. The Morgan fingerprint density at radius 2 is 1.59 bits per heavy atom. The zero-order valence-corrected chi connectivity index (χ0v) is 18.7. The molecule has 29 heavy (non-hydrogen) atoms. The molecule has 1 aromatic heterocycles. The van der Waals surface area contributed by atoms with E-state index < -0.39 is 0 Å². The molecule has 0 fully saturated rings. The lowest BCUT2D eigenvalue weighted by atomic mass is 10.1. The minimum Gasteiger partial charge on any atom is -0.489 e. The van der Waals surface area contributed by atoms with Crippen LogP contribution in [0.1, 0.15) is 64.5 Å². The molecule has 1 aromatic carbocycles. The first-order valence-electron chi connectivity index (χ1n) is 10.4. The molecular formula is C26H34O3. The summed E-state index contributed by atoms with van der Waals surface area (Å²) in [7, 11) is 0. The molecule has 0 amide bonds. The van der Waals surface area contributed by atoms with E-state index in [1.165, 1.54) is 16.7 Å². The van der Waals surface area contributed by atoms with E-state index in [1.807, 2.05) is 19.1 Å². The van der Waals surface area contributed by atoms with Crippen molar-refractivity contribution in [3.63, 3.8) is 0 Å². The number of hydrogen-bond acceptors (Lipinski definition) is 3. The minimum atomic E-state index is -0.285. The molecule has 0 unspecified atom stereocenters. The Hall–Kier alpha value is -2.55. The molecule has 0 aliphatic rings. The summed E-state index contributed by atoms with van der Waals surface area (Å²) in [5, 5.41) is 0.952. The van der Waals surface area contributed by atoms with Gasteiger partial charge in [0, 0.05) is 17.0 Å². The third-order valence-electron chi connectivity index (χ3n) is 5.23. The second-order valence-electron chi connectivity index (χ2n) is 8.07. The van der Waals surface area contributed by atoms with Crippen LogP contribution < -0.4 is 10.4 Å². The maximum atomic E-state index is 11.9. The average molecular weight is 395 g/mol. The third kappa shape index (κ3) is 7.08. The molecule has 0 saturated heterocycles. The first kappa shape index (κ1) is 22.7. The lowest BCUT2D eigenvalue weighted by Gasteiger charge is -2.08. The maximum Gasteiger partial charge on any atom is 0.339 e. The summed E-state index contributed by atoms with van der Waals surface area (Å²) in [6.07, 6.45) is 11.1. The van der Waals surface area contributed by atoms with Gasteiger partial charge in [-0.2, -0.15) is 0 Å². The summed E-state index contributed by atoms with van der Waals surface area (Å²) in [5.41, 5.74) is 6.06. The number of allylic oxidation sites excluding steroid dienone is 5. The van der Waals surface area contributed by atoms with Gasteiger partial charge in [-0.3, -0.25) is 0 Å². The highest BCUT2D eigenvalue weighted by molar-refractivity contribution is 5.82. The summed E-state index contributed by atoms with van der Waals surface area (Å²) in [5.74, 6) is 0.711. The average Bonchev–Trinajstić information content (AvgIpc) is 2.66. The Morgan fingerprint density at radius 1 is 0.931 bits per heavy atom. The van der Waals surface area contributed by atoms with E-state index in [4.69, 9.17) is 9.15 Å². The van der Waals surface area contributed by atoms with Crippen LogP contribution in [0.15, 0.2) is 62.4 Å². The van der Waals surface area contributed by atoms with Crippen molar-refractivity contribution in [3.05, 3.63) is 74.7 Å². The Balaban J connectivity index is 1.86. The van der Waals surface area contributed by atoms with Gasteiger partial charge in [-0.25, -0.2) is 4.79 Å². The summed E-state index contributed by atoms with van der Waals surface area (Å²) >= 11 is 0. The van der Waals surface area contributed by atoms with Gasteiger partial charge in [0.25, 0.3) is 0 Å². The van der Waals surface area contributed by atoms with E-state index in [0.717, 1.165) is 36.6 Å². The summed E-state index contributed by atoms with van der Waals surface area (Å²) in [4.78, 5) is 11.9. The minimum absolute atomic E-state index is 0.285. The summed E-state index contributed by atoms with van der Waals surface area (Å²) < 4.78 is 11.2. The van der Waals surface area contributed by atoms with Gasteiger partial charge >= 0.3 is 5.63 Å². The Labute approximate surface area is 174 Å². The van der Waals surface area contributed by atoms with Gasteiger partial charge in [-0.05, 0) is 91.0 Å². The van der Waals surface area contributed by atoms with Crippen molar-refractivity contribution in [2.45, 2.75) is 67.2 Å². The van der Waals surface area contributed by atoms with Gasteiger partial charge in [0.2, 0.25) is 0 Å². The van der Waals surface area contributed by atoms with Gasteiger partial charge in [0.15, 0.2) is 0 Å². The molecule has 156 valence electrons. The van der Waals surface area contributed by atoms with Gasteiger partial charge in [0.05, 0.1) is 0 Å². The van der Waals surface area contributed by atoms with Gasteiger partial charge < -0.3 is 9.15 Å². The number of fused-ring (bicyclic) bond motifs is 1. The maximum absolute atomic E-state index is 11.9. The molecule has 0 radical (unpaired) electrons. The van der Waals surface area contributed by atoms with Crippen LogP contribution in [0.4, 0.5) is 0 Å². The molecule has 3 heteroatoms. The molecule has 0 atom stereocenters. The van der Waals surface area contributed by atoms with Crippen LogP contribution in [0, 0.1) is 13.8 Å². The van der Waals surface area contributed by atoms with Crippen molar-refractivity contribution in [3.8, 4) is 5.75 Å². The molecule has 1 heterocycles. The zero-order valence-electron chi connectivity index (χ0n) is 18.7. The van der Waals surface area contributed by atoms with Gasteiger partial charge in [0.1, 0.15) is 17.9 Å². The standard InChI is InChI=1S/C26H34O3/c1-18(2)9-7-10-19(3)11-8-12-20(4)15-16-28-23-13-14-24-21(5)22(6)26(27)29-25(24)17-23/h9,11,13-15,17H,7-8,10,12,16H2,1-6H3/b19-11+,20-15+. The fourth-order valence-electron chi connectivity index (χ4n) is 3.14. The van der Waals surface area contributed by atoms with Crippen LogP contribution in [0.2, 0.25) is 0 Å². The quantitative estimate of drug-likeness (QED) is 0.333. The Bertz CT molecular complexity index is 983. The first-order valence-corrected chi connectivity index (χ1v) is 10.4. The Kier molecular flexibility index (Phi) is 8.50. The SMILES string of the molecule is CC(C)=CCC/C(C)=C/CC/C(C)=C/COc1ccc2c(C)c(C)c(=O)oc2c1. The van der Waals surface area contributed by atoms with E-state index in [1.54, 1.807) is 13.0 Å². The second-order valence-corrected chi connectivity index (χ2v) is 8.07. The highest BCUT2D eigenvalue weighted by Crippen LogP contribution is 2.24. The molecule has 0 bridgehead atoms. The molecule has 0 aliphatic heterocycles. The smallest absolute Gasteiger partial charge is 0.339 e. The number of aryl methyl sites for hydroxylation is 1. The third-order valence-corrected chi connectivity index (χ3v) is 5.23. The van der Waals surface area contributed by atoms with Gasteiger partial charge in [-0.1, -0.05) is 28.9 Å². The van der Waals surface area contributed by atoms with Crippen molar-refractivity contribution in [2.24, 2.45) is 0 Å². The fraction of sp³-hybridized carbons (Fsp3) is 0.423. The van der Waals surface area contributed by atoms with E-state index in [-0.39, 0.29) is 5.63 Å². The predicted molar refractivity (Wildman–Crippen MR) is 123 cm³/mol. The molecule has 0 spiro atoms. The Morgan fingerprint density at radius 3 is 2.28 bits per heavy atom. The summed E-state index contributed by atoms with van der Waals surface area (Å²) in [6.45, 7) is 12.9. The number of benzene rings is 1. The highest BCUT2D eigenvalue weighted by atomic mass is 16.5. The monoisotopic (exact) mass is 394 g/mol. The largest absolute Gasteiger partial charge is 0.489 e. The van der Waals surface area contributed by atoms with Crippen molar-refractivity contribution in [1.82, 2.24) is 0 Å². The highest BCUT2D eigenvalue weighted by Gasteiger charge is 2.08. The van der Waals surface area contributed by atoms with Crippen molar-refractivity contribution < 1.29 is 9.15 Å². The fourth-order valence-corrected chi connectivity index (χ4v) is 3.14. The molecule has 2 rings (SSSR count).